The van der Waals surface area contributed by atoms with Gasteiger partial charge in [0.2, 0.25) is 5.95 Å². The van der Waals surface area contributed by atoms with Crippen molar-refractivity contribution < 1.29 is 4.79 Å². The number of hydrogen-bond donors (Lipinski definition) is 1. The molecule has 0 atom stereocenters. The molecule has 19 heavy (non-hydrogen) atoms. The van der Waals surface area contributed by atoms with Gasteiger partial charge in [-0.05, 0) is 18.4 Å². The second-order valence-corrected chi connectivity index (χ2v) is 5.12. The van der Waals surface area contributed by atoms with Crippen molar-refractivity contribution in [3.05, 3.63) is 18.0 Å². The molecular formula is C14H24N4O. The SMILES string of the molecule is CCCCN(C)c1nccc(C(=O)NCC(C)C)n1. The van der Waals surface area contributed by atoms with Gasteiger partial charge in [0, 0.05) is 26.3 Å². The highest BCUT2D eigenvalue weighted by molar-refractivity contribution is 5.92. The van der Waals surface area contributed by atoms with Crippen LogP contribution in [0.25, 0.3) is 0 Å². The second kappa shape index (κ2) is 7.71. The number of carbonyl (C=O) groups is 1. The Morgan fingerprint density at radius 1 is 1.47 bits per heavy atom. The van der Waals surface area contributed by atoms with E-state index in [1.165, 1.54) is 0 Å². The minimum atomic E-state index is -0.138. The number of hydrogen-bond acceptors (Lipinski definition) is 4. The molecule has 0 aliphatic heterocycles. The molecule has 1 rings (SSSR count). The summed E-state index contributed by atoms with van der Waals surface area (Å²) in [7, 11) is 1.95. The average molecular weight is 264 g/mol. The average Bonchev–Trinajstić information content (AvgIpc) is 2.42. The summed E-state index contributed by atoms with van der Waals surface area (Å²) >= 11 is 0. The molecule has 1 aromatic heterocycles. The largest absolute Gasteiger partial charge is 0.350 e. The predicted octanol–water partition coefficient (Wildman–Crippen LogP) is 2.10. The number of nitrogens with zero attached hydrogens (tertiary/aromatic N) is 3. The predicted molar refractivity (Wildman–Crippen MR) is 77.4 cm³/mol. The van der Waals surface area contributed by atoms with E-state index >= 15 is 0 Å². The Morgan fingerprint density at radius 3 is 2.84 bits per heavy atom. The molecule has 1 N–H and O–H groups in total. The van der Waals surface area contributed by atoms with Gasteiger partial charge in [-0.2, -0.15) is 0 Å². The van der Waals surface area contributed by atoms with Gasteiger partial charge in [0.15, 0.2) is 0 Å². The summed E-state index contributed by atoms with van der Waals surface area (Å²) in [5.74, 6) is 0.893. The molecule has 0 unspecified atom stereocenters. The monoisotopic (exact) mass is 264 g/mol. The fourth-order valence-electron chi connectivity index (χ4n) is 1.54. The maximum Gasteiger partial charge on any atom is 0.270 e. The molecule has 0 fully saturated rings. The molecule has 0 saturated carbocycles. The normalized spacial score (nSPS) is 10.6. The van der Waals surface area contributed by atoms with Crippen LogP contribution in [0, 0.1) is 5.92 Å². The number of nitrogens with one attached hydrogen (secondary N) is 1. The van der Waals surface area contributed by atoms with Crippen molar-refractivity contribution in [1.82, 2.24) is 15.3 Å². The van der Waals surface area contributed by atoms with E-state index in [4.69, 9.17) is 0 Å². The maximum absolute atomic E-state index is 11.9. The van der Waals surface area contributed by atoms with Gasteiger partial charge in [-0.3, -0.25) is 4.79 Å². The molecule has 0 saturated heterocycles. The van der Waals surface area contributed by atoms with E-state index in [1.807, 2.05) is 11.9 Å². The van der Waals surface area contributed by atoms with Gasteiger partial charge < -0.3 is 10.2 Å². The van der Waals surface area contributed by atoms with E-state index in [-0.39, 0.29) is 5.91 Å². The van der Waals surface area contributed by atoms with Crippen LogP contribution in [0.4, 0.5) is 5.95 Å². The topological polar surface area (TPSA) is 58.1 Å². The van der Waals surface area contributed by atoms with E-state index in [9.17, 15) is 4.79 Å². The van der Waals surface area contributed by atoms with E-state index in [1.54, 1.807) is 12.3 Å². The van der Waals surface area contributed by atoms with Crippen LogP contribution in [0.2, 0.25) is 0 Å². The van der Waals surface area contributed by atoms with Gasteiger partial charge in [-0.1, -0.05) is 27.2 Å². The zero-order valence-corrected chi connectivity index (χ0v) is 12.3. The minimum absolute atomic E-state index is 0.138. The van der Waals surface area contributed by atoms with Crippen molar-refractivity contribution in [2.45, 2.75) is 33.6 Å². The Labute approximate surface area is 115 Å². The second-order valence-electron chi connectivity index (χ2n) is 5.12. The summed E-state index contributed by atoms with van der Waals surface area (Å²) in [6.45, 7) is 7.82. The molecular weight excluding hydrogens is 240 g/mol. The third-order valence-electron chi connectivity index (χ3n) is 2.73. The Morgan fingerprint density at radius 2 is 2.21 bits per heavy atom. The third kappa shape index (κ3) is 5.24. The first-order valence-electron chi connectivity index (χ1n) is 6.87. The van der Waals surface area contributed by atoms with E-state index in [0.717, 1.165) is 19.4 Å². The van der Waals surface area contributed by atoms with Crippen molar-refractivity contribution in [3.63, 3.8) is 0 Å². The third-order valence-corrected chi connectivity index (χ3v) is 2.73. The maximum atomic E-state index is 11.9. The van der Waals surface area contributed by atoms with Crippen molar-refractivity contribution in [2.75, 3.05) is 25.0 Å². The first-order valence-corrected chi connectivity index (χ1v) is 6.87. The molecule has 106 valence electrons. The van der Waals surface area contributed by atoms with Crippen LogP contribution in [-0.4, -0.2) is 36.0 Å². The zero-order chi connectivity index (χ0) is 14.3. The minimum Gasteiger partial charge on any atom is -0.350 e. The highest BCUT2D eigenvalue weighted by atomic mass is 16.1. The summed E-state index contributed by atoms with van der Waals surface area (Å²) < 4.78 is 0. The molecule has 1 amide bonds. The van der Waals surface area contributed by atoms with Crippen LogP contribution in [0.3, 0.4) is 0 Å². The van der Waals surface area contributed by atoms with Crippen molar-refractivity contribution >= 4 is 11.9 Å². The molecule has 0 bridgehead atoms. The van der Waals surface area contributed by atoms with Crippen molar-refractivity contribution in [1.29, 1.82) is 0 Å². The number of aromatic nitrogens is 2. The van der Waals surface area contributed by atoms with Crippen LogP contribution in [0.1, 0.15) is 44.1 Å². The Kier molecular flexibility index (Phi) is 6.25. The first kappa shape index (κ1) is 15.4. The molecule has 1 heterocycles. The van der Waals surface area contributed by atoms with Gasteiger partial charge in [0.05, 0.1) is 0 Å². The lowest BCUT2D eigenvalue weighted by Gasteiger charge is -2.16. The lowest BCUT2D eigenvalue weighted by Crippen LogP contribution is -2.29. The van der Waals surface area contributed by atoms with Gasteiger partial charge in [-0.15, -0.1) is 0 Å². The lowest BCUT2D eigenvalue weighted by molar-refractivity contribution is 0.0944. The Bertz CT molecular complexity index is 406. The fraction of sp³-hybridized carbons (Fsp3) is 0.643. The number of carbonyl (C=O) groups excluding carboxylic acids is 1. The molecule has 0 spiro atoms. The molecule has 0 aromatic carbocycles. The van der Waals surface area contributed by atoms with E-state index in [2.05, 4.69) is 36.1 Å². The van der Waals surface area contributed by atoms with Crippen LogP contribution in [0.5, 0.6) is 0 Å². The van der Waals surface area contributed by atoms with Gasteiger partial charge in [-0.25, -0.2) is 9.97 Å². The molecule has 5 heteroatoms. The highest BCUT2D eigenvalue weighted by Crippen LogP contribution is 2.07. The Hall–Kier alpha value is -1.65. The summed E-state index contributed by atoms with van der Waals surface area (Å²) in [4.78, 5) is 22.4. The number of rotatable bonds is 7. The van der Waals surface area contributed by atoms with Gasteiger partial charge >= 0.3 is 0 Å². The lowest BCUT2D eigenvalue weighted by atomic mass is 10.2. The molecule has 5 nitrogen and oxygen atoms in total. The summed E-state index contributed by atoms with van der Waals surface area (Å²) in [5, 5.41) is 2.86. The summed E-state index contributed by atoms with van der Waals surface area (Å²) in [5.41, 5.74) is 0.425. The molecule has 0 radical (unpaired) electrons. The summed E-state index contributed by atoms with van der Waals surface area (Å²) in [6, 6.07) is 1.65. The molecule has 0 aliphatic rings. The highest BCUT2D eigenvalue weighted by Gasteiger charge is 2.10. The van der Waals surface area contributed by atoms with Crippen molar-refractivity contribution in [2.24, 2.45) is 5.92 Å². The van der Waals surface area contributed by atoms with Crippen LogP contribution < -0.4 is 10.2 Å². The van der Waals surface area contributed by atoms with E-state index in [0.29, 0.717) is 24.1 Å². The number of amides is 1. The Balaban J connectivity index is 2.68. The quantitative estimate of drug-likeness (QED) is 0.819. The number of anilines is 1. The first-order chi connectivity index (χ1) is 9.04. The van der Waals surface area contributed by atoms with Gasteiger partial charge in [0.25, 0.3) is 5.91 Å². The fourth-order valence-corrected chi connectivity index (χ4v) is 1.54. The zero-order valence-electron chi connectivity index (χ0n) is 12.3. The molecule has 1 aromatic rings. The standard InChI is InChI=1S/C14H24N4O/c1-5-6-9-18(4)14-15-8-7-12(17-14)13(19)16-10-11(2)3/h7-8,11H,5-6,9-10H2,1-4H3,(H,16,19). The van der Waals surface area contributed by atoms with Crippen LogP contribution in [0.15, 0.2) is 12.3 Å². The van der Waals surface area contributed by atoms with Crippen LogP contribution >= 0.6 is 0 Å². The van der Waals surface area contributed by atoms with Crippen molar-refractivity contribution in [3.8, 4) is 0 Å². The van der Waals surface area contributed by atoms with Crippen LogP contribution in [-0.2, 0) is 0 Å². The summed E-state index contributed by atoms with van der Waals surface area (Å²) in [6.07, 6.45) is 3.84. The molecule has 0 aliphatic carbocycles. The smallest absolute Gasteiger partial charge is 0.270 e. The number of unbranched alkanes of at least 4 members (excludes halogenated alkanes) is 1. The van der Waals surface area contributed by atoms with Gasteiger partial charge in [0.1, 0.15) is 5.69 Å². The van der Waals surface area contributed by atoms with E-state index < -0.39 is 0 Å².